The highest BCUT2D eigenvalue weighted by molar-refractivity contribution is 5.77. The van der Waals surface area contributed by atoms with Gasteiger partial charge in [-0.2, -0.15) is 0 Å². The molecular formula is C31H42O5. The van der Waals surface area contributed by atoms with Crippen LogP contribution in [0.15, 0.2) is 42.5 Å². The number of fused-ring (bicyclic) bond motifs is 4. The lowest BCUT2D eigenvalue weighted by molar-refractivity contribution is -0.230. The van der Waals surface area contributed by atoms with Gasteiger partial charge < -0.3 is 18.9 Å². The molecule has 4 saturated carbocycles. The van der Waals surface area contributed by atoms with Crippen LogP contribution in [0.5, 0.6) is 0 Å². The average molecular weight is 495 g/mol. The third-order valence-electron chi connectivity index (χ3n) is 11.0. The van der Waals surface area contributed by atoms with Gasteiger partial charge in [0.05, 0.1) is 38.4 Å². The molecule has 4 aliphatic carbocycles. The molecule has 5 heteroatoms. The van der Waals surface area contributed by atoms with Gasteiger partial charge in [-0.25, -0.2) is 0 Å². The van der Waals surface area contributed by atoms with Gasteiger partial charge in [-0.15, -0.1) is 0 Å². The predicted molar refractivity (Wildman–Crippen MR) is 137 cm³/mol. The number of hydrogen-bond donors (Lipinski definition) is 0. The van der Waals surface area contributed by atoms with Gasteiger partial charge in [-0.1, -0.05) is 55.8 Å². The fraction of sp³-hybridized carbons (Fsp3) is 0.710. The Bertz CT molecular complexity index is 1020. The molecule has 5 nitrogen and oxygen atoms in total. The highest BCUT2D eigenvalue weighted by Crippen LogP contribution is 2.79. The molecule has 5 fully saturated rings. The fourth-order valence-corrected chi connectivity index (χ4v) is 9.89. The van der Waals surface area contributed by atoms with Crippen molar-refractivity contribution in [3.05, 3.63) is 48.0 Å². The Kier molecular flexibility index (Phi) is 5.94. The highest BCUT2D eigenvalue weighted by Gasteiger charge is 2.77. The van der Waals surface area contributed by atoms with E-state index in [2.05, 4.69) is 44.7 Å². The minimum absolute atomic E-state index is 0.00155. The number of esters is 1. The second kappa shape index (κ2) is 8.68. The zero-order chi connectivity index (χ0) is 25.2. The van der Waals surface area contributed by atoms with Gasteiger partial charge in [0.2, 0.25) is 0 Å². The van der Waals surface area contributed by atoms with E-state index in [1.165, 1.54) is 11.1 Å². The Balaban J connectivity index is 1.41. The monoisotopic (exact) mass is 494 g/mol. The van der Waals surface area contributed by atoms with Crippen molar-refractivity contribution in [3.63, 3.8) is 0 Å². The summed E-state index contributed by atoms with van der Waals surface area (Å²) in [6.07, 6.45) is 5.97. The van der Waals surface area contributed by atoms with Crippen LogP contribution >= 0.6 is 0 Å². The summed E-state index contributed by atoms with van der Waals surface area (Å²) in [6.45, 7) is 14.1. The number of hydrogen-bond acceptors (Lipinski definition) is 5. The first kappa shape index (κ1) is 24.6. The first-order chi connectivity index (χ1) is 17.3. The molecule has 1 aromatic rings. The maximum Gasteiger partial charge on any atom is 0.312 e. The van der Waals surface area contributed by atoms with E-state index < -0.39 is 11.2 Å². The van der Waals surface area contributed by atoms with E-state index in [0.717, 1.165) is 38.5 Å². The number of carbonyl (C=O) groups is 1. The van der Waals surface area contributed by atoms with Gasteiger partial charge in [0, 0.05) is 12.3 Å². The van der Waals surface area contributed by atoms with Crippen molar-refractivity contribution in [2.45, 2.75) is 71.7 Å². The zero-order valence-corrected chi connectivity index (χ0v) is 22.2. The maximum atomic E-state index is 13.6. The number of carbonyl (C=O) groups excluding carboxylic acids is 1. The summed E-state index contributed by atoms with van der Waals surface area (Å²) < 4.78 is 25.1. The third-order valence-corrected chi connectivity index (χ3v) is 11.0. The molecule has 0 aromatic heterocycles. The first-order valence-corrected chi connectivity index (χ1v) is 14.0. The van der Waals surface area contributed by atoms with Gasteiger partial charge in [0.25, 0.3) is 0 Å². The minimum atomic E-state index is -0.535. The predicted octanol–water partition coefficient (Wildman–Crippen LogP) is 5.92. The average Bonchev–Trinajstić information content (AvgIpc) is 3.50. The molecule has 1 saturated heterocycles. The van der Waals surface area contributed by atoms with Gasteiger partial charge in [-0.3, -0.25) is 4.79 Å². The maximum absolute atomic E-state index is 13.6. The molecule has 1 aromatic carbocycles. The second-order valence-electron chi connectivity index (χ2n) is 12.7. The van der Waals surface area contributed by atoms with Crippen molar-refractivity contribution in [2.24, 2.45) is 39.9 Å². The summed E-state index contributed by atoms with van der Waals surface area (Å²) in [5.74, 6) is 0.536. The van der Waals surface area contributed by atoms with Crippen LogP contribution in [0.25, 0.3) is 0 Å². The lowest BCUT2D eigenvalue weighted by Crippen LogP contribution is -2.52. The Morgan fingerprint density at radius 1 is 1.11 bits per heavy atom. The normalized spacial score (nSPS) is 42.4. The van der Waals surface area contributed by atoms with Crippen molar-refractivity contribution >= 4 is 5.97 Å². The molecule has 5 aliphatic rings. The first-order valence-electron chi connectivity index (χ1n) is 14.0. The zero-order valence-electron chi connectivity index (χ0n) is 22.2. The van der Waals surface area contributed by atoms with Crippen LogP contribution in [0.1, 0.15) is 64.9 Å². The Hall–Kier alpha value is -1.69. The molecule has 0 radical (unpaired) electrons. The molecule has 0 N–H and O–H groups in total. The lowest BCUT2D eigenvalue weighted by Gasteiger charge is -2.52. The molecule has 6 rings (SSSR count). The molecule has 0 amide bonds. The largest absolute Gasteiger partial charge is 0.466 e. The van der Waals surface area contributed by atoms with Crippen molar-refractivity contribution in [1.29, 1.82) is 0 Å². The minimum Gasteiger partial charge on any atom is -0.466 e. The molecule has 1 heterocycles. The fourth-order valence-electron chi connectivity index (χ4n) is 9.89. The summed E-state index contributed by atoms with van der Waals surface area (Å²) >= 11 is 0. The van der Waals surface area contributed by atoms with Crippen LogP contribution in [0.2, 0.25) is 0 Å². The molecule has 2 spiro atoms. The molecule has 0 unspecified atom stereocenters. The standard InChI is InChI=1S/C31H42O5/c1-5-34-27(32)29(4)13-9-12-28(3)25-18-31(35-14-15-36-31)23-17-30(25,16-21(23)2)24(26(28)29)20-33-19-22-10-7-6-8-11-22/h6-8,10-11,23-26H,2,5,9,12-20H2,1,3-4H3/t23-,24+,25+,26+,28+,29-,30-/m1/s1. The van der Waals surface area contributed by atoms with Crippen LogP contribution in [-0.4, -0.2) is 38.2 Å². The molecule has 2 bridgehead atoms. The van der Waals surface area contributed by atoms with Gasteiger partial charge >= 0.3 is 5.97 Å². The highest BCUT2D eigenvalue weighted by atomic mass is 16.7. The topological polar surface area (TPSA) is 54.0 Å². The summed E-state index contributed by atoms with van der Waals surface area (Å²) in [7, 11) is 0. The molecular weight excluding hydrogens is 452 g/mol. The van der Waals surface area contributed by atoms with E-state index in [0.29, 0.717) is 39.0 Å². The van der Waals surface area contributed by atoms with Gasteiger partial charge in [0.15, 0.2) is 5.79 Å². The van der Waals surface area contributed by atoms with E-state index in [4.69, 9.17) is 18.9 Å². The quantitative estimate of drug-likeness (QED) is 0.363. The van der Waals surface area contributed by atoms with Crippen molar-refractivity contribution in [1.82, 2.24) is 0 Å². The Morgan fingerprint density at radius 2 is 1.86 bits per heavy atom. The van der Waals surface area contributed by atoms with E-state index in [1.807, 2.05) is 13.0 Å². The van der Waals surface area contributed by atoms with E-state index >= 15 is 0 Å². The smallest absolute Gasteiger partial charge is 0.312 e. The number of ether oxygens (including phenoxy) is 4. The van der Waals surface area contributed by atoms with Crippen molar-refractivity contribution < 1.29 is 23.7 Å². The number of benzene rings is 1. The molecule has 196 valence electrons. The second-order valence-corrected chi connectivity index (χ2v) is 12.7. The van der Waals surface area contributed by atoms with E-state index in [9.17, 15) is 4.79 Å². The van der Waals surface area contributed by atoms with Crippen molar-refractivity contribution in [3.8, 4) is 0 Å². The number of rotatable bonds is 6. The van der Waals surface area contributed by atoms with Crippen LogP contribution in [-0.2, 0) is 30.3 Å². The lowest BCUT2D eigenvalue weighted by atomic mass is 9.53. The van der Waals surface area contributed by atoms with Gasteiger partial charge in [0.1, 0.15) is 0 Å². The van der Waals surface area contributed by atoms with Crippen molar-refractivity contribution in [2.75, 3.05) is 26.4 Å². The molecule has 36 heavy (non-hydrogen) atoms. The summed E-state index contributed by atoms with van der Waals surface area (Å²) in [4.78, 5) is 13.6. The Morgan fingerprint density at radius 3 is 2.58 bits per heavy atom. The van der Waals surface area contributed by atoms with Crippen LogP contribution in [0.4, 0.5) is 0 Å². The van der Waals surface area contributed by atoms with E-state index in [1.54, 1.807) is 0 Å². The summed E-state index contributed by atoms with van der Waals surface area (Å²) in [5.41, 5.74) is 2.01. The third kappa shape index (κ3) is 3.34. The summed E-state index contributed by atoms with van der Waals surface area (Å²) in [6, 6.07) is 10.4. The molecule has 1 aliphatic heterocycles. The van der Waals surface area contributed by atoms with Gasteiger partial charge in [-0.05, 0) is 73.7 Å². The van der Waals surface area contributed by atoms with Crippen LogP contribution in [0.3, 0.4) is 0 Å². The van der Waals surface area contributed by atoms with Crippen LogP contribution < -0.4 is 0 Å². The van der Waals surface area contributed by atoms with E-state index in [-0.39, 0.29) is 34.6 Å². The SMILES string of the molecule is C=C1C[C@]23C[C@H]1C1(C[C@H]2[C@]2(C)CCC[C@@](C)(C(=O)OCC)[C@H]2[C@@H]3COCc2ccccc2)OCCO1. The molecule has 7 atom stereocenters. The van der Waals surface area contributed by atoms with Crippen LogP contribution in [0, 0.1) is 39.9 Å². The Labute approximate surface area is 215 Å². The summed E-state index contributed by atoms with van der Waals surface area (Å²) in [5, 5.41) is 0.